The standard InChI is InChI=1S/C21H17Cl2N3O6S2/c1-2-31-15-5-3-4-11(18(15)32-10-17(27)28)8-16-19(29)26(21(33)34-16)25-20(30)24-12-6-7-13(22)14(23)9-12/h3-9H,2,10H2,1H3,(H,27,28)(H2,24,25,30)/b16-8-. The Kier molecular flexibility index (Phi) is 8.61. The molecule has 1 saturated heterocycles. The van der Waals surface area contributed by atoms with E-state index in [2.05, 4.69) is 10.7 Å². The average molecular weight is 542 g/mol. The minimum atomic E-state index is -1.17. The number of para-hydroxylation sites is 1. The number of hydrazine groups is 1. The predicted molar refractivity (Wildman–Crippen MR) is 134 cm³/mol. The van der Waals surface area contributed by atoms with Gasteiger partial charge < -0.3 is 19.9 Å². The van der Waals surface area contributed by atoms with Crippen LogP contribution in [0.4, 0.5) is 10.5 Å². The zero-order valence-corrected chi connectivity index (χ0v) is 20.6. The molecule has 9 nitrogen and oxygen atoms in total. The maximum Gasteiger partial charge on any atom is 0.341 e. The Morgan fingerprint density at radius 1 is 1.21 bits per heavy atom. The van der Waals surface area contributed by atoms with Crippen molar-refractivity contribution in [1.29, 1.82) is 0 Å². The minimum absolute atomic E-state index is 0.0921. The third-order valence-electron chi connectivity index (χ3n) is 4.12. The Labute approximate surface area is 214 Å². The van der Waals surface area contributed by atoms with Gasteiger partial charge in [-0.3, -0.25) is 4.79 Å². The molecule has 2 aromatic carbocycles. The zero-order valence-electron chi connectivity index (χ0n) is 17.5. The highest BCUT2D eigenvalue weighted by Gasteiger charge is 2.34. The minimum Gasteiger partial charge on any atom is -0.490 e. The van der Waals surface area contributed by atoms with E-state index in [9.17, 15) is 14.4 Å². The number of hydrogen-bond acceptors (Lipinski definition) is 7. The molecule has 1 aliphatic heterocycles. The summed E-state index contributed by atoms with van der Waals surface area (Å²) in [6.45, 7) is 1.50. The van der Waals surface area contributed by atoms with Gasteiger partial charge in [-0.15, -0.1) is 0 Å². The number of carbonyl (C=O) groups is 3. The Balaban J connectivity index is 1.78. The number of carbonyl (C=O) groups excluding carboxylic acids is 2. The quantitative estimate of drug-likeness (QED) is 0.322. The number of anilines is 1. The third kappa shape index (κ3) is 6.32. The lowest BCUT2D eigenvalue weighted by molar-refractivity contribution is -0.139. The van der Waals surface area contributed by atoms with E-state index >= 15 is 0 Å². The van der Waals surface area contributed by atoms with E-state index in [0.29, 0.717) is 28.6 Å². The van der Waals surface area contributed by atoms with Gasteiger partial charge in [0.1, 0.15) is 0 Å². The maximum atomic E-state index is 12.9. The number of benzene rings is 2. The molecule has 34 heavy (non-hydrogen) atoms. The van der Waals surface area contributed by atoms with E-state index in [4.69, 9.17) is 50.0 Å². The van der Waals surface area contributed by atoms with Crippen molar-refractivity contribution in [3.63, 3.8) is 0 Å². The van der Waals surface area contributed by atoms with Gasteiger partial charge in [0.05, 0.1) is 21.6 Å². The number of aliphatic carboxylic acids is 1. The fourth-order valence-electron chi connectivity index (χ4n) is 2.74. The second-order valence-corrected chi connectivity index (χ2v) is 8.99. The van der Waals surface area contributed by atoms with E-state index in [1.165, 1.54) is 18.2 Å². The summed E-state index contributed by atoms with van der Waals surface area (Å²) in [4.78, 5) is 36.4. The number of carboxylic acid groups (broad SMARTS) is 1. The summed E-state index contributed by atoms with van der Waals surface area (Å²) in [6, 6.07) is 8.73. The van der Waals surface area contributed by atoms with E-state index in [1.54, 1.807) is 31.2 Å². The van der Waals surface area contributed by atoms with Crippen molar-refractivity contribution in [2.75, 3.05) is 18.5 Å². The normalized spacial score (nSPS) is 14.3. The number of amides is 3. The van der Waals surface area contributed by atoms with Crippen LogP contribution in [0.15, 0.2) is 41.3 Å². The summed E-state index contributed by atoms with van der Waals surface area (Å²) >= 11 is 18.0. The van der Waals surface area contributed by atoms with Gasteiger partial charge in [0.2, 0.25) is 0 Å². The lowest BCUT2D eigenvalue weighted by atomic mass is 10.1. The molecular weight excluding hydrogens is 525 g/mol. The summed E-state index contributed by atoms with van der Waals surface area (Å²) in [5.41, 5.74) is 3.16. The first-order valence-corrected chi connectivity index (χ1v) is 11.6. The Bertz CT molecular complexity index is 1190. The van der Waals surface area contributed by atoms with Crippen LogP contribution in [0.5, 0.6) is 11.5 Å². The van der Waals surface area contributed by atoms with Crippen LogP contribution in [0.2, 0.25) is 10.0 Å². The Morgan fingerprint density at radius 3 is 2.65 bits per heavy atom. The van der Waals surface area contributed by atoms with Crippen LogP contribution in [-0.4, -0.2) is 45.6 Å². The molecule has 3 rings (SSSR count). The van der Waals surface area contributed by atoms with Crippen molar-refractivity contribution in [2.45, 2.75) is 6.92 Å². The van der Waals surface area contributed by atoms with E-state index in [0.717, 1.165) is 16.8 Å². The molecule has 0 unspecified atom stereocenters. The maximum absolute atomic E-state index is 12.9. The van der Waals surface area contributed by atoms with Crippen molar-refractivity contribution < 1.29 is 29.0 Å². The van der Waals surface area contributed by atoms with E-state index in [1.807, 2.05) is 0 Å². The molecule has 13 heteroatoms. The predicted octanol–water partition coefficient (Wildman–Crippen LogP) is 4.79. The number of rotatable bonds is 8. The molecular formula is C21H17Cl2N3O6S2. The van der Waals surface area contributed by atoms with Gasteiger partial charge in [-0.05, 0) is 49.5 Å². The fourth-order valence-corrected chi connectivity index (χ4v) is 4.21. The number of carboxylic acids is 1. The molecule has 0 spiro atoms. The summed E-state index contributed by atoms with van der Waals surface area (Å²) in [5, 5.41) is 13.0. The first-order chi connectivity index (χ1) is 16.2. The molecule has 0 radical (unpaired) electrons. The summed E-state index contributed by atoms with van der Waals surface area (Å²) in [6.07, 6.45) is 1.48. The van der Waals surface area contributed by atoms with Gasteiger partial charge in [-0.2, -0.15) is 5.01 Å². The van der Waals surface area contributed by atoms with Gasteiger partial charge in [-0.1, -0.05) is 47.1 Å². The fraction of sp³-hybridized carbons (Fsp3) is 0.143. The zero-order chi connectivity index (χ0) is 24.8. The van der Waals surface area contributed by atoms with Gasteiger partial charge in [-0.25, -0.2) is 15.0 Å². The highest BCUT2D eigenvalue weighted by molar-refractivity contribution is 8.26. The average Bonchev–Trinajstić information content (AvgIpc) is 3.03. The topological polar surface area (TPSA) is 117 Å². The number of nitrogens with one attached hydrogen (secondary N) is 2. The van der Waals surface area contributed by atoms with Crippen LogP contribution in [0.3, 0.4) is 0 Å². The highest BCUT2D eigenvalue weighted by Crippen LogP contribution is 2.37. The monoisotopic (exact) mass is 541 g/mol. The van der Waals surface area contributed by atoms with Crippen molar-refractivity contribution >= 4 is 81.2 Å². The summed E-state index contributed by atoms with van der Waals surface area (Å²) in [7, 11) is 0. The lowest BCUT2D eigenvalue weighted by Crippen LogP contribution is -2.46. The van der Waals surface area contributed by atoms with Gasteiger partial charge in [0, 0.05) is 11.3 Å². The molecule has 3 amide bonds. The van der Waals surface area contributed by atoms with Crippen LogP contribution >= 0.6 is 47.2 Å². The number of nitrogens with zero attached hydrogens (tertiary/aromatic N) is 1. The number of halogens is 2. The molecule has 1 heterocycles. The molecule has 0 aliphatic carbocycles. The smallest absolute Gasteiger partial charge is 0.341 e. The van der Waals surface area contributed by atoms with Crippen molar-refractivity contribution in [3.05, 3.63) is 56.9 Å². The van der Waals surface area contributed by atoms with Crippen LogP contribution in [0.25, 0.3) is 6.08 Å². The molecule has 0 saturated carbocycles. The van der Waals surface area contributed by atoms with Crippen LogP contribution < -0.4 is 20.2 Å². The molecule has 0 atom stereocenters. The summed E-state index contributed by atoms with van der Waals surface area (Å²) in [5.74, 6) is -1.25. The molecule has 178 valence electrons. The number of thioether (sulfide) groups is 1. The largest absolute Gasteiger partial charge is 0.490 e. The lowest BCUT2D eigenvalue weighted by Gasteiger charge is -2.16. The molecule has 3 N–H and O–H groups in total. The van der Waals surface area contributed by atoms with E-state index in [-0.39, 0.29) is 20.0 Å². The molecule has 1 fully saturated rings. The van der Waals surface area contributed by atoms with E-state index < -0.39 is 24.5 Å². The Hall–Kier alpha value is -2.99. The number of thiocarbonyl (C=S) groups is 1. The van der Waals surface area contributed by atoms with Gasteiger partial charge in [0.25, 0.3) is 5.91 Å². The molecule has 2 aromatic rings. The van der Waals surface area contributed by atoms with Gasteiger partial charge in [0.15, 0.2) is 22.4 Å². The number of urea groups is 1. The first kappa shape index (κ1) is 25.6. The first-order valence-electron chi connectivity index (χ1n) is 9.60. The van der Waals surface area contributed by atoms with Crippen molar-refractivity contribution in [3.8, 4) is 11.5 Å². The van der Waals surface area contributed by atoms with Crippen molar-refractivity contribution in [2.24, 2.45) is 0 Å². The molecule has 0 bridgehead atoms. The number of hydrogen-bond donors (Lipinski definition) is 3. The van der Waals surface area contributed by atoms with Crippen molar-refractivity contribution in [1.82, 2.24) is 10.4 Å². The molecule has 0 aromatic heterocycles. The third-order valence-corrected chi connectivity index (χ3v) is 6.16. The summed E-state index contributed by atoms with van der Waals surface area (Å²) < 4.78 is 11.0. The molecule has 1 aliphatic rings. The highest BCUT2D eigenvalue weighted by atomic mass is 35.5. The number of ether oxygens (including phenoxy) is 2. The second kappa shape index (κ2) is 11.4. The SMILES string of the molecule is CCOc1cccc(/C=C2\SC(=S)N(NC(=O)Nc3ccc(Cl)c(Cl)c3)C2=O)c1OCC(=O)O. The van der Waals surface area contributed by atoms with Crippen LogP contribution in [-0.2, 0) is 9.59 Å². The Morgan fingerprint density at radius 2 is 1.97 bits per heavy atom. The van der Waals surface area contributed by atoms with Gasteiger partial charge >= 0.3 is 12.0 Å². The van der Waals surface area contributed by atoms with Crippen LogP contribution in [0, 0.1) is 0 Å². The van der Waals surface area contributed by atoms with Crippen LogP contribution in [0.1, 0.15) is 12.5 Å². The second-order valence-electron chi connectivity index (χ2n) is 6.50.